The van der Waals surface area contributed by atoms with Crippen LogP contribution in [0.15, 0.2) is 0 Å². The molecule has 132 valence electrons. The molecule has 1 N–H and O–H groups in total. The Balaban J connectivity index is 0.00000156. The van der Waals surface area contributed by atoms with Gasteiger partial charge in [-0.05, 0) is 68.7 Å². The second-order valence-electron chi connectivity index (χ2n) is 8.77. The van der Waals surface area contributed by atoms with Crippen LogP contribution in [0.25, 0.3) is 0 Å². The van der Waals surface area contributed by atoms with Crippen molar-refractivity contribution in [2.24, 2.45) is 23.2 Å². The minimum Gasteiger partial charge on any atom is -0.354 e. The Kier molecular flexibility index (Phi) is 5.24. The van der Waals surface area contributed by atoms with Crippen LogP contribution in [-0.2, 0) is 4.79 Å². The first-order valence-electron chi connectivity index (χ1n) is 9.28. The summed E-state index contributed by atoms with van der Waals surface area (Å²) >= 11 is 0. The van der Waals surface area contributed by atoms with Crippen LogP contribution >= 0.6 is 12.4 Å². The summed E-state index contributed by atoms with van der Waals surface area (Å²) in [6.45, 7) is 5.77. The Morgan fingerprint density at radius 3 is 2.04 bits per heavy atom. The third kappa shape index (κ3) is 3.85. The highest BCUT2D eigenvalue weighted by atomic mass is 35.5. The average Bonchev–Trinajstić information content (AvgIpc) is 2.46. The van der Waals surface area contributed by atoms with Gasteiger partial charge in [-0.15, -0.1) is 12.4 Å². The number of piperazine rings is 1. The van der Waals surface area contributed by atoms with E-state index in [9.17, 15) is 4.79 Å². The SMILES string of the molecule is CN1CCN(CC(=O)NCC23CC4CC(CC(C4)C2)C3)CC1.Cl. The quantitative estimate of drug-likeness (QED) is 0.849. The molecule has 1 saturated heterocycles. The van der Waals surface area contributed by atoms with Crippen LogP contribution in [0.5, 0.6) is 0 Å². The molecule has 4 nitrogen and oxygen atoms in total. The molecule has 5 heteroatoms. The van der Waals surface area contributed by atoms with E-state index in [2.05, 4.69) is 22.2 Å². The van der Waals surface area contributed by atoms with E-state index in [0.29, 0.717) is 12.0 Å². The molecule has 4 saturated carbocycles. The molecule has 4 aliphatic carbocycles. The van der Waals surface area contributed by atoms with Gasteiger partial charge in [-0.3, -0.25) is 9.69 Å². The topological polar surface area (TPSA) is 35.6 Å². The number of hydrogen-bond donors (Lipinski definition) is 1. The lowest BCUT2D eigenvalue weighted by molar-refractivity contribution is -0.124. The molecule has 23 heavy (non-hydrogen) atoms. The lowest BCUT2D eigenvalue weighted by Crippen LogP contribution is -2.53. The summed E-state index contributed by atoms with van der Waals surface area (Å²) < 4.78 is 0. The maximum Gasteiger partial charge on any atom is 0.234 e. The van der Waals surface area contributed by atoms with E-state index < -0.39 is 0 Å². The third-order valence-electron chi connectivity index (χ3n) is 6.79. The minimum absolute atomic E-state index is 0. The molecule has 0 aromatic carbocycles. The van der Waals surface area contributed by atoms with E-state index >= 15 is 0 Å². The highest BCUT2D eigenvalue weighted by molar-refractivity contribution is 5.85. The minimum atomic E-state index is 0. The number of nitrogens with zero attached hydrogens (tertiary/aromatic N) is 2. The second kappa shape index (κ2) is 6.89. The summed E-state index contributed by atoms with van der Waals surface area (Å²) in [4.78, 5) is 17.0. The number of hydrogen-bond acceptors (Lipinski definition) is 3. The van der Waals surface area contributed by atoms with Crippen LogP contribution in [-0.4, -0.2) is 62.0 Å². The van der Waals surface area contributed by atoms with Gasteiger partial charge in [0.15, 0.2) is 0 Å². The predicted molar refractivity (Wildman–Crippen MR) is 94.8 cm³/mol. The Labute approximate surface area is 146 Å². The van der Waals surface area contributed by atoms with E-state index in [0.717, 1.165) is 50.5 Å². The van der Waals surface area contributed by atoms with Gasteiger partial charge < -0.3 is 10.2 Å². The molecular formula is C18H32ClN3O. The van der Waals surface area contributed by atoms with Crippen molar-refractivity contribution < 1.29 is 4.79 Å². The number of rotatable bonds is 4. The molecule has 0 aromatic rings. The first-order valence-corrected chi connectivity index (χ1v) is 9.28. The smallest absolute Gasteiger partial charge is 0.234 e. The maximum absolute atomic E-state index is 12.3. The Morgan fingerprint density at radius 1 is 1.00 bits per heavy atom. The van der Waals surface area contributed by atoms with Crippen LogP contribution in [0.4, 0.5) is 0 Å². The number of nitrogens with one attached hydrogen (secondary N) is 1. The molecular weight excluding hydrogens is 310 g/mol. The molecule has 0 spiro atoms. The van der Waals surface area contributed by atoms with Gasteiger partial charge in [-0.25, -0.2) is 0 Å². The van der Waals surface area contributed by atoms with E-state index in [1.54, 1.807) is 0 Å². The molecule has 1 heterocycles. The highest BCUT2D eigenvalue weighted by Crippen LogP contribution is 2.59. The molecule has 5 aliphatic rings. The lowest BCUT2D eigenvalue weighted by Gasteiger charge is -2.57. The molecule has 4 bridgehead atoms. The Morgan fingerprint density at radius 2 is 1.52 bits per heavy atom. The Hall–Kier alpha value is -0.320. The fourth-order valence-corrected chi connectivity index (χ4v) is 6.06. The van der Waals surface area contributed by atoms with Crippen LogP contribution in [0.2, 0.25) is 0 Å². The summed E-state index contributed by atoms with van der Waals surface area (Å²) in [5, 5.41) is 3.30. The number of amides is 1. The monoisotopic (exact) mass is 341 g/mol. The van der Waals surface area contributed by atoms with Gasteiger partial charge in [-0.2, -0.15) is 0 Å². The van der Waals surface area contributed by atoms with Crippen molar-refractivity contribution in [3.05, 3.63) is 0 Å². The van der Waals surface area contributed by atoms with Crippen LogP contribution in [0, 0.1) is 23.2 Å². The fourth-order valence-electron chi connectivity index (χ4n) is 6.06. The van der Waals surface area contributed by atoms with Gasteiger partial charge in [0.05, 0.1) is 6.54 Å². The van der Waals surface area contributed by atoms with Crippen molar-refractivity contribution in [3.63, 3.8) is 0 Å². The van der Waals surface area contributed by atoms with E-state index in [4.69, 9.17) is 0 Å². The molecule has 1 amide bonds. The van der Waals surface area contributed by atoms with E-state index in [1.807, 2.05) is 0 Å². The lowest BCUT2D eigenvalue weighted by atomic mass is 9.49. The second-order valence-corrected chi connectivity index (χ2v) is 8.77. The van der Waals surface area contributed by atoms with Crippen molar-refractivity contribution in [2.75, 3.05) is 46.3 Å². The van der Waals surface area contributed by atoms with Crippen LogP contribution in [0.1, 0.15) is 38.5 Å². The van der Waals surface area contributed by atoms with Crippen LogP contribution in [0.3, 0.4) is 0 Å². The van der Waals surface area contributed by atoms with Crippen LogP contribution < -0.4 is 5.32 Å². The largest absolute Gasteiger partial charge is 0.354 e. The van der Waals surface area contributed by atoms with Gasteiger partial charge >= 0.3 is 0 Å². The van der Waals surface area contributed by atoms with Crippen molar-refractivity contribution in [1.82, 2.24) is 15.1 Å². The van der Waals surface area contributed by atoms with Gasteiger partial charge in [0.25, 0.3) is 0 Å². The van der Waals surface area contributed by atoms with Crippen molar-refractivity contribution in [3.8, 4) is 0 Å². The van der Waals surface area contributed by atoms with Gasteiger partial charge in [0.1, 0.15) is 0 Å². The predicted octanol–water partition coefficient (Wildman–Crippen LogP) is 1.99. The summed E-state index contributed by atoms with van der Waals surface area (Å²) in [5.74, 6) is 3.17. The van der Waals surface area contributed by atoms with Crippen molar-refractivity contribution >= 4 is 18.3 Å². The number of halogens is 1. The molecule has 0 atom stereocenters. The summed E-state index contributed by atoms with van der Waals surface area (Å²) in [7, 11) is 2.16. The molecule has 5 rings (SSSR count). The maximum atomic E-state index is 12.3. The standard InChI is InChI=1S/C18H31N3O.ClH/c1-20-2-4-21(5-3-20)12-17(22)19-13-18-9-14-6-15(10-18)8-16(7-14)11-18;/h14-16H,2-13H2,1H3,(H,19,22);1H. The normalized spacial score (nSPS) is 40.0. The Bertz CT molecular complexity index is 399. The van der Waals surface area contributed by atoms with E-state index in [1.165, 1.54) is 38.5 Å². The molecule has 5 fully saturated rings. The zero-order chi connectivity index (χ0) is 15.2. The highest BCUT2D eigenvalue weighted by Gasteiger charge is 2.50. The average molecular weight is 342 g/mol. The van der Waals surface area contributed by atoms with E-state index in [-0.39, 0.29) is 18.3 Å². The summed E-state index contributed by atoms with van der Waals surface area (Å²) in [6, 6.07) is 0. The molecule has 0 unspecified atom stereocenters. The van der Waals surface area contributed by atoms with Gasteiger partial charge in [0, 0.05) is 32.7 Å². The molecule has 0 radical (unpaired) electrons. The fraction of sp³-hybridized carbons (Fsp3) is 0.944. The number of likely N-dealkylation sites (N-methyl/N-ethyl adjacent to an activating group) is 1. The van der Waals surface area contributed by atoms with Gasteiger partial charge in [0.2, 0.25) is 5.91 Å². The summed E-state index contributed by atoms with van der Waals surface area (Å²) in [6.07, 6.45) is 8.59. The van der Waals surface area contributed by atoms with Gasteiger partial charge in [-0.1, -0.05) is 0 Å². The summed E-state index contributed by atoms with van der Waals surface area (Å²) in [5.41, 5.74) is 0.465. The zero-order valence-electron chi connectivity index (χ0n) is 14.4. The number of carbonyl (C=O) groups excluding carboxylic acids is 1. The molecule has 0 aromatic heterocycles. The molecule has 1 aliphatic heterocycles. The van der Waals surface area contributed by atoms with Crippen molar-refractivity contribution in [1.29, 1.82) is 0 Å². The number of carbonyl (C=O) groups is 1. The zero-order valence-corrected chi connectivity index (χ0v) is 15.2. The third-order valence-corrected chi connectivity index (χ3v) is 6.79. The van der Waals surface area contributed by atoms with Crippen molar-refractivity contribution in [2.45, 2.75) is 38.5 Å². The first kappa shape index (κ1) is 17.5. The first-order chi connectivity index (χ1) is 10.6.